The lowest BCUT2D eigenvalue weighted by molar-refractivity contribution is -0.384. The molecule has 0 atom stereocenters. The summed E-state index contributed by atoms with van der Waals surface area (Å²) in [5.41, 5.74) is 0.315. The van der Waals surface area contributed by atoms with Gasteiger partial charge in [0.2, 0.25) is 0 Å². The monoisotopic (exact) mass is 570 g/mol. The molecule has 0 saturated carbocycles. The van der Waals surface area contributed by atoms with E-state index in [1.54, 1.807) is 55.4 Å². The maximum Gasteiger partial charge on any atom is 0.273 e. The summed E-state index contributed by atoms with van der Waals surface area (Å²) in [6.45, 7) is 5.13. The average Bonchev–Trinajstić information content (AvgIpc) is 3.43. The van der Waals surface area contributed by atoms with Crippen LogP contribution < -0.4 is 4.74 Å². The van der Waals surface area contributed by atoms with E-state index in [9.17, 15) is 19.7 Å². The molecule has 0 bridgehead atoms. The van der Waals surface area contributed by atoms with Crippen molar-refractivity contribution in [3.63, 3.8) is 0 Å². The Balaban J connectivity index is 1.28. The van der Waals surface area contributed by atoms with Crippen LogP contribution in [0.25, 0.3) is 0 Å². The molecule has 0 N–H and O–H groups in total. The van der Waals surface area contributed by atoms with Crippen LogP contribution in [0.1, 0.15) is 53.7 Å². The summed E-state index contributed by atoms with van der Waals surface area (Å²) in [7, 11) is 1.73. The molecule has 3 aromatic rings. The summed E-state index contributed by atoms with van der Waals surface area (Å²) >= 11 is 7.68. The van der Waals surface area contributed by atoms with Crippen LogP contribution in [0.2, 0.25) is 5.02 Å². The molecule has 2 heterocycles. The molecule has 0 radical (unpaired) electrons. The van der Waals surface area contributed by atoms with Crippen molar-refractivity contribution in [2.45, 2.75) is 44.6 Å². The van der Waals surface area contributed by atoms with E-state index in [4.69, 9.17) is 16.3 Å². The topological polar surface area (TPSA) is 106 Å². The van der Waals surface area contributed by atoms with Gasteiger partial charge in [0.15, 0.2) is 5.60 Å². The van der Waals surface area contributed by atoms with Crippen LogP contribution in [-0.2, 0) is 11.2 Å². The first-order valence-electron chi connectivity index (χ1n) is 12.7. The van der Waals surface area contributed by atoms with Crippen LogP contribution in [0.3, 0.4) is 0 Å². The Morgan fingerprint density at radius 2 is 1.85 bits per heavy atom. The first-order valence-corrected chi connectivity index (χ1v) is 14.0. The smallest absolute Gasteiger partial charge is 0.273 e. The van der Waals surface area contributed by atoms with Crippen LogP contribution in [0, 0.1) is 10.1 Å². The van der Waals surface area contributed by atoms with Crippen molar-refractivity contribution in [3.05, 3.63) is 85.3 Å². The third kappa shape index (κ3) is 6.93. The fraction of sp³-hybridized carbons (Fsp3) is 0.393. The van der Waals surface area contributed by atoms with Crippen molar-refractivity contribution >= 4 is 40.4 Å². The van der Waals surface area contributed by atoms with Gasteiger partial charge < -0.3 is 14.5 Å². The van der Waals surface area contributed by atoms with E-state index in [-0.39, 0.29) is 23.4 Å². The Labute approximate surface area is 236 Å². The fourth-order valence-corrected chi connectivity index (χ4v) is 5.65. The number of non-ortho nitro benzene ring substituents is 1. The number of benzene rings is 2. The molecular weight excluding hydrogens is 540 g/mol. The maximum atomic E-state index is 13.2. The molecule has 0 spiro atoms. The number of rotatable bonds is 9. The number of carbonyl (C=O) groups excluding carboxylic acids is 2. The Bertz CT molecular complexity index is 1340. The first-order chi connectivity index (χ1) is 18.5. The number of carbonyl (C=O) groups is 2. The third-order valence-electron chi connectivity index (χ3n) is 6.82. The van der Waals surface area contributed by atoms with E-state index in [2.05, 4.69) is 4.98 Å². The summed E-state index contributed by atoms with van der Waals surface area (Å²) < 4.78 is 5.97. The summed E-state index contributed by atoms with van der Waals surface area (Å²) in [4.78, 5) is 44.6. The largest absolute Gasteiger partial charge is 0.476 e. The number of aromatic nitrogens is 1. The van der Waals surface area contributed by atoms with Crippen LogP contribution in [0.4, 0.5) is 5.69 Å². The second-order valence-corrected chi connectivity index (χ2v) is 11.4. The molecule has 2 amide bonds. The molecule has 9 nitrogen and oxygen atoms in total. The van der Waals surface area contributed by atoms with Crippen LogP contribution in [-0.4, -0.2) is 63.8 Å². The second kappa shape index (κ2) is 12.1. The van der Waals surface area contributed by atoms with Crippen LogP contribution in [0.15, 0.2) is 53.9 Å². The van der Waals surface area contributed by atoms with Gasteiger partial charge in [0.1, 0.15) is 11.4 Å². The van der Waals surface area contributed by atoms with Crippen molar-refractivity contribution in [1.82, 2.24) is 14.8 Å². The zero-order valence-corrected chi connectivity index (χ0v) is 23.7. The van der Waals surface area contributed by atoms with Crippen molar-refractivity contribution in [2.24, 2.45) is 0 Å². The molecule has 39 heavy (non-hydrogen) atoms. The molecule has 2 aromatic carbocycles. The molecular formula is C28H31ClN4O5S. The maximum absolute atomic E-state index is 13.2. The van der Waals surface area contributed by atoms with Gasteiger partial charge in [0, 0.05) is 50.1 Å². The fourth-order valence-electron chi connectivity index (χ4n) is 4.51. The predicted molar refractivity (Wildman–Crippen MR) is 151 cm³/mol. The number of piperidine rings is 1. The Hall–Kier alpha value is -3.50. The molecule has 1 aliphatic rings. The zero-order chi connectivity index (χ0) is 28.2. The van der Waals surface area contributed by atoms with Gasteiger partial charge in [-0.3, -0.25) is 19.7 Å². The van der Waals surface area contributed by atoms with E-state index < -0.39 is 10.5 Å². The minimum Gasteiger partial charge on any atom is -0.476 e. The highest BCUT2D eigenvalue weighted by Gasteiger charge is 2.37. The van der Waals surface area contributed by atoms with Gasteiger partial charge in [-0.25, -0.2) is 4.98 Å². The highest BCUT2D eigenvalue weighted by molar-refractivity contribution is 7.09. The second-order valence-electron chi connectivity index (χ2n) is 10.1. The SMILES string of the molecule is CN(CCc1ccc([N+](=O)[O-])cc1)C(=O)c1csc(C2CCN(C(=O)C(C)(C)Oc3ccccc3Cl)CC2)n1. The molecule has 1 aromatic heterocycles. The number of likely N-dealkylation sites (N-methyl/N-ethyl adjacent to an activating group) is 1. The summed E-state index contributed by atoms with van der Waals surface area (Å²) in [5, 5.41) is 14.0. The summed E-state index contributed by atoms with van der Waals surface area (Å²) in [6.07, 6.45) is 2.09. The van der Waals surface area contributed by atoms with Crippen molar-refractivity contribution in [3.8, 4) is 5.75 Å². The molecule has 1 saturated heterocycles. The Morgan fingerprint density at radius 3 is 2.49 bits per heavy atom. The molecule has 1 aliphatic heterocycles. The number of likely N-dealkylation sites (tertiary alicyclic amines) is 1. The van der Waals surface area contributed by atoms with Crippen molar-refractivity contribution in [1.29, 1.82) is 0 Å². The number of amides is 2. The summed E-state index contributed by atoms with van der Waals surface area (Å²) in [5.74, 6) is 0.403. The van der Waals surface area contributed by atoms with E-state index in [1.165, 1.54) is 23.5 Å². The first kappa shape index (κ1) is 28.5. The number of nitro groups is 1. The number of hydrogen-bond donors (Lipinski definition) is 0. The van der Waals surface area contributed by atoms with E-state index in [0.29, 0.717) is 42.5 Å². The number of nitrogens with zero attached hydrogens (tertiary/aromatic N) is 4. The van der Waals surface area contributed by atoms with Crippen molar-refractivity contribution < 1.29 is 19.2 Å². The Morgan fingerprint density at radius 1 is 1.18 bits per heavy atom. The average molecular weight is 571 g/mol. The molecule has 206 valence electrons. The van der Waals surface area contributed by atoms with Gasteiger partial charge in [-0.2, -0.15) is 0 Å². The molecule has 4 rings (SSSR count). The lowest BCUT2D eigenvalue weighted by Crippen LogP contribution is -2.51. The van der Waals surface area contributed by atoms with Crippen LogP contribution in [0.5, 0.6) is 5.75 Å². The molecule has 0 aliphatic carbocycles. The van der Waals surface area contributed by atoms with Gasteiger partial charge in [-0.15, -0.1) is 11.3 Å². The molecule has 1 fully saturated rings. The normalized spacial score (nSPS) is 14.2. The minimum absolute atomic E-state index is 0.0440. The van der Waals surface area contributed by atoms with Gasteiger partial charge in [-0.05, 0) is 50.8 Å². The number of para-hydroxylation sites is 1. The lowest BCUT2D eigenvalue weighted by atomic mass is 9.96. The Kier molecular flexibility index (Phi) is 8.87. The van der Waals surface area contributed by atoms with Gasteiger partial charge in [0.25, 0.3) is 17.5 Å². The number of hydrogen-bond acceptors (Lipinski definition) is 7. The van der Waals surface area contributed by atoms with Crippen molar-refractivity contribution in [2.75, 3.05) is 26.7 Å². The molecule has 0 unspecified atom stereocenters. The highest BCUT2D eigenvalue weighted by Crippen LogP contribution is 2.33. The lowest BCUT2D eigenvalue weighted by Gasteiger charge is -2.36. The van der Waals surface area contributed by atoms with Gasteiger partial charge >= 0.3 is 0 Å². The van der Waals surface area contributed by atoms with E-state index in [0.717, 1.165) is 23.4 Å². The van der Waals surface area contributed by atoms with Gasteiger partial charge in [-0.1, -0.05) is 35.9 Å². The van der Waals surface area contributed by atoms with E-state index in [1.807, 2.05) is 17.0 Å². The third-order valence-corrected chi connectivity index (χ3v) is 8.14. The standard InChI is InChI=1S/C28H31ClN4O5S/c1-28(2,38-24-7-5-4-6-22(24)29)27(35)32-16-13-20(14-17-32)25-30-23(18-39-25)26(34)31(3)15-12-19-8-10-21(11-9-19)33(36)37/h4-11,18,20H,12-17H2,1-3H3. The quantitative estimate of drug-likeness (QED) is 0.245. The molecule has 11 heteroatoms. The highest BCUT2D eigenvalue weighted by atomic mass is 35.5. The number of nitro benzene ring substituents is 1. The van der Waals surface area contributed by atoms with E-state index >= 15 is 0 Å². The number of ether oxygens (including phenoxy) is 1. The van der Waals surface area contributed by atoms with Gasteiger partial charge in [0.05, 0.1) is 15.0 Å². The minimum atomic E-state index is -1.06. The summed E-state index contributed by atoms with van der Waals surface area (Å²) in [6, 6.07) is 13.5. The van der Waals surface area contributed by atoms with Crippen LogP contribution >= 0.6 is 22.9 Å². The predicted octanol–water partition coefficient (Wildman–Crippen LogP) is 5.58. The number of halogens is 1. The zero-order valence-electron chi connectivity index (χ0n) is 22.1. The number of thiazole rings is 1.